The van der Waals surface area contributed by atoms with Crippen molar-refractivity contribution in [2.24, 2.45) is 0 Å². The van der Waals surface area contributed by atoms with Gasteiger partial charge in [-0.2, -0.15) is 0 Å². The van der Waals surface area contributed by atoms with E-state index in [1.54, 1.807) is 41.0 Å². The molecular formula is C27H21Cl2N3O7. The Morgan fingerprint density at radius 2 is 1.59 bits per heavy atom. The summed E-state index contributed by atoms with van der Waals surface area (Å²) in [5.74, 6) is -1.12. The van der Waals surface area contributed by atoms with Crippen LogP contribution in [0.3, 0.4) is 0 Å². The Bertz CT molecular complexity index is 1880. The molecule has 5 aromatic rings. The third-order valence-corrected chi connectivity index (χ3v) is 8.41. The highest BCUT2D eigenvalue weighted by Crippen LogP contribution is 2.48. The van der Waals surface area contributed by atoms with Gasteiger partial charge in [0.15, 0.2) is 6.23 Å². The zero-order chi connectivity index (χ0) is 27.3. The van der Waals surface area contributed by atoms with E-state index in [1.807, 2.05) is 0 Å². The van der Waals surface area contributed by atoms with E-state index in [0.29, 0.717) is 48.6 Å². The molecule has 0 bridgehead atoms. The van der Waals surface area contributed by atoms with Crippen LogP contribution in [-0.2, 0) is 9.47 Å². The number of para-hydroxylation sites is 2. The molecule has 3 aromatic carbocycles. The molecule has 12 heteroatoms. The molecule has 1 saturated heterocycles. The number of H-pyrrole nitrogens is 1. The summed E-state index contributed by atoms with van der Waals surface area (Å²) in [6.07, 6.45) is -6.18. The third-order valence-electron chi connectivity index (χ3n) is 7.79. The number of nitrogens with zero attached hydrogens (tertiary/aromatic N) is 1. The molecule has 200 valence electrons. The number of carbonyl (C=O) groups excluding carboxylic acids is 2. The Hall–Kier alpha value is -3.22. The highest BCUT2D eigenvalue weighted by molar-refractivity contribution is 6.43. The molecule has 0 unspecified atom stereocenters. The van der Waals surface area contributed by atoms with Crippen molar-refractivity contribution in [3.05, 3.63) is 57.6 Å². The number of aromatic amines is 1. The lowest BCUT2D eigenvalue weighted by molar-refractivity contribution is -0.255. The van der Waals surface area contributed by atoms with E-state index in [4.69, 9.17) is 32.7 Å². The zero-order valence-electron chi connectivity index (χ0n) is 20.2. The van der Waals surface area contributed by atoms with Gasteiger partial charge in [0.1, 0.15) is 24.4 Å². The fraction of sp³-hybridized carbons (Fsp3) is 0.259. The lowest BCUT2D eigenvalue weighted by Crippen LogP contribution is -2.57. The van der Waals surface area contributed by atoms with E-state index in [1.165, 1.54) is 7.11 Å². The van der Waals surface area contributed by atoms with Crippen molar-refractivity contribution in [1.82, 2.24) is 14.9 Å². The number of nitrogens with one attached hydrogen (secondary N) is 2. The van der Waals surface area contributed by atoms with Gasteiger partial charge in [-0.3, -0.25) is 14.9 Å². The van der Waals surface area contributed by atoms with Gasteiger partial charge in [-0.25, -0.2) is 0 Å². The summed E-state index contributed by atoms with van der Waals surface area (Å²) < 4.78 is 13.1. The first-order valence-electron chi connectivity index (χ1n) is 12.2. The number of ether oxygens (including phenoxy) is 2. The molecule has 0 spiro atoms. The van der Waals surface area contributed by atoms with E-state index in [-0.39, 0.29) is 16.1 Å². The summed E-state index contributed by atoms with van der Waals surface area (Å²) in [6, 6.07) is 10.4. The topological polar surface area (TPSA) is 146 Å². The first-order chi connectivity index (χ1) is 18.8. The normalized spacial score (nSPS) is 25.3. The van der Waals surface area contributed by atoms with E-state index < -0.39 is 49.1 Å². The Kier molecular flexibility index (Phi) is 5.49. The van der Waals surface area contributed by atoms with Crippen LogP contribution in [0.4, 0.5) is 0 Å². The van der Waals surface area contributed by atoms with Crippen LogP contribution in [-0.4, -0.2) is 74.8 Å². The molecule has 2 aliphatic rings. The van der Waals surface area contributed by atoms with Gasteiger partial charge in [-0.05, 0) is 12.1 Å². The SMILES string of the molecule is CO[C@@H]1[C@@H](O)[C@@H](O)[C@H](n2c3c(Cl)cccc3c3c4c(c5c6cccc(Cl)c6[nH]c5c32)C(=O)NC4=O)O[C@@H]1CO. The van der Waals surface area contributed by atoms with E-state index >= 15 is 0 Å². The lowest BCUT2D eigenvalue weighted by Gasteiger charge is -2.42. The minimum absolute atomic E-state index is 0.161. The minimum atomic E-state index is -1.51. The van der Waals surface area contributed by atoms with Crippen molar-refractivity contribution >= 4 is 78.6 Å². The van der Waals surface area contributed by atoms with Crippen LogP contribution in [0, 0.1) is 0 Å². The molecule has 2 aliphatic heterocycles. The average molecular weight is 570 g/mol. The predicted molar refractivity (Wildman–Crippen MR) is 144 cm³/mol. The van der Waals surface area contributed by atoms with Crippen molar-refractivity contribution < 1.29 is 34.4 Å². The average Bonchev–Trinajstić information content (AvgIpc) is 3.56. The first-order valence-corrected chi connectivity index (χ1v) is 12.9. The zero-order valence-corrected chi connectivity index (χ0v) is 21.7. The molecule has 5 N–H and O–H groups in total. The molecule has 10 nitrogen and oxygen atoms in total. The van der Waals surface area contributed by atoms with Crippen LogP contribution < -0.4 is 5.32 Å². The number of carbonyl (C=O) groups is 2. The second-order valence-electron chi connectivity index (χ2n) is 9.73. The van der Waals surface area contributed by atoms with Gasteiger partial charge >= 0.3 is 0 Å². The van der Waals surface area contributed by atoms with Gasteiger partial charge < -0.3 is 34.3 Å². The van der Waals surface area contributed by atoms with Crippen LogP contribution in [0.25, 0.3) is 43.6 Å². The number of fused-ring (bicyclic) bond motifs is 10. The number of methoxy groups -OCH3 is 1. The standard InChI is InChI=1S/C27H21Cl2N3O7/c1-38-24-13(8-33)39-27(23(35)22(24)34)32-20-10(5-3-7-12(20)29)15-17-16(25(36)31-26(17)37)14-9-4-2-6-11(28)18(9)30-19(14)21(15)32/h2-7,13,22-24,27,30,33-35H,8H2,1H3,(H,31,36,37)/t13-,22+,23-,24+,27-/m1/s1. The van der Waals surface area contributed by atoms with Crippen molar-refractivity contribution in [2.45, 2.75) is 30.6 Å². The van der Waals surface area contributed by atoms with Crippen molar-refractivity contribution in [1.29, 1.82) is 0 Å². The smallest absolute Gasteiger partial charge is 0.259 e. The molecule has 1 fully saturated rings. The van der Waals surface area contributed by atoms with E-state index in [0.717, 1.165) is 0 Å². The number of benzene rings is 3. The van der Waals surface area contributed by atoms with Crippen LogP contribution in [0.5, 0.6) is 0 Å². The van der Waals surface area contributed by atoms with Crippen molar-refractivity contribution in [2.75, 3.05) is 13.7 Å². The molecule has 7 rings (SSSR count). The number of aliphatic hydroxyl groups excluding tert-OH is 3. The predicted octanol–water partition coefficient (Wildman–Crippen LogP) is 3.25. The van der Waals surface area contributed by atoms with Crippen molar-refractivity contribution in [3.8, 4) is 0 Å². The van der Waals surface area contributed by atoms with Crippen LogP contribution in [0.2, 0.25) is 10.0 Å². The number of amides is 2. The van der Waals surface area contributed by atoms with Gasteiger partial charge in [0.25, 0.3) is 11.8 Å². The highest BCUT2D eigenvalue weighted by atomic mass is 35.5. The van der Waals surface area contributed by atoms with Gasteiger partial charge in [0.2, 0.25) is 0 Å². The lowest BCUT2D eigenvalue weighted by atomic mass is 9.96. The van der Waals surface area contributed by atoms with Crippen LogP contribution >= 0.6 is 23.2 Å². The summed E-state index contributed by atoms with van der Waals surface area (Å²) in [4.78, 5) is 29.8. The highest BCUT2D eigenvalue weighted by Gasteiger charge is 2.47. The van der Waals surface area contributed by atoms with E-state index in [9.17, 15) is 24.9 Å². The molecule has 5 atom stereocenters. The largest absolute Gasteiger partial charge is 0.394 e. The summed E-state index contributed by atoms with van der Waals surface area (Å²) in [5.41, 5.74) is 2.19. The quantitative estimate of drug-likeness (QED) is 0.210. The number of aromatic nitrogens is 2. The maximum Gasteiger partial charge on any atom is 0.259 e. The van der Waals surface area contributed by atoms with Gasteiger partial charge in [-0.1, -0.05) is 47.5 Å². The number of halogens is 2. The number of aliphatic hydroxyl groups is 3. The van der Waals surface area contributed by atoms with Crippen molar-refractivity contribution in [3.63, 3.8) is 0 Å². The summed E-state index contributed by atoms with van der Waals surface area (Å²) in [5, 5.41) is 37.5. The number of imide groups is 1. The number of hydrogen-bond acceptors (Lipinski definition) is 7. The van der Waals surface area contributed by atoms with Gasteiger partial charge in [0.05, 0.1) is 49.8 Å². The maximum absolute atomic E-state index is 13.3. The summed E-state index contributed by atoms with van der Waals surface area (Å²) in [7, 11) is 1.35. The fourth-order valence-electron chi connectivity index (χ4n) is 6.20. The third kappa shape index (κ3) is 3.16. The molecule has 2 amide bonds. The second kappa shape index (κ2) is 8.64. The Balaban J connectivity index is 1.71. The monoisotopic (exact) mass is 569 g/mol. The molecular weight excluding hydrogens is 549 g/mol. The van der Waals surface area contributed by atoms with Gasteiger partial charge in [0, 0.05) is 28.7 Å². The van der Waals surface area contributed by atoms with Gasteiger partial charge in [-0.15, -0.1) is 0 Å². The number of hydrogen-bond donors (Lipinski definition) is 5. The molecule has 4 heterocycles. The second-order valence-corrected chi connectivity index (χ2v) is 10.5. The molecule has 0 aliphatic carbocycles. The molecule has 2 aromatic heterocycles. The van der Waals surface area contributed by atoms with Crippen LogP contribution in [0.15, 0.2) is 36.4 Å². The fourth-order valence-corrected chi connectivity index (χ4v) is 6.68. The first kappa shape index (κ1) is 24.8. The molecule has 0 radical (unpaired) electrons. The Morgan fingerprint density at radius 3 is 2.28 bits per heavy atom. The number of rotatable bonds is 3. The Morgan fingerprint density at radius 1 is 0.923 bits per heavy atom. The summed E-state index contributed by atoms with van der Waals surface area (Å²) in [6.45, 7) is -0.493. The minimum Gasteiger partial charge on any atom is -0.394 e. The molecule has 0 saturated carbocycles. The summed E-state index contributed by atoms with van der Waals surface area (Å²) >= 11 is 13.3. The van der Waals surface area contributed by atoms with Crippen LogP contribution in [0.1, 0.15) is 26.9 Å². The molecule has 39 heavy (non-hydrogen) atoms. The maximum atomic E-state index is 13.3. The van der Waals surface area contributed by atoms with E-state index in [2.05, 4.69) is 10.3 Å². The Labute approximate surface area is 229 Å².